The molecule has 120 valence electrons. The monoisotopic (exact) mass is 361 g/mol. The first-order valence-corrected chi connectivity index (χ1v) is 7.97. The van der Waals surface area contributed by atoms with Gasteiger partial charge in [0.2, 0.25) is 0 Å². The van der Waals surface area contributed by atoms with Gasteiger partial charge >= 0.3 is 5.97 Å². The highest BCUT2D eigenvalue weighted by atomic mass is 35.5. The Morgan fingerprint density at radius 2 is 1.45 bits per heavy atom. The summed E-state index contributed by atoms with van der Waals surface area (Å²) in [5, 5.41) is 9.90. The van der Waals surface area contributed by atoms with Gasteiger partial charge in [-0.15, -0.1) is 0 Å². The molecule has 6 heteroatoms. The maximum atomic E-state index is 11.2. The van der Waals surface area contributed by atoms with E-state index < -0.39 is 5.97 Å². The maximum absolute atomic E-state index is 11.2. The van der Waals surface area contributed by atoms with Crippen molar-refractivity contribution in [1.82, 2.24) is 4.98 Å². The van der Waals surface area contributed by atoms with Crippen molar-refractivity contribution >= 4 is 40.8 Å². The minimum absolute atomic E-state index is 0.0841. The van der Waals surface area contributed by atoms with Crippen LogP contribution in [0.4, 0.5) is 0 Å². The fraction of sp³-hybridized carbons (Fsp3) is 0.250. The molecule has 0 radical (unpaired) electrons. The van der Waals surface area contributed by atoms with Crippen LogP contribution in [0.1, 0.15) is 38.1 Å². The van der Waals surface area contributed by atoms with Crippen molar-refractivity contribution in [1.29, 1.82) is 0 Å². The van der Waals surface area contributed by atoms with Crippen molar-refractivity contribution in [2.45, 2.75) is 27.7 Å². The lowest BCUT2D eigenvalue weighted by atomic mass is 10.0. The average molecular weight is 363 g/mol. The second-order valence-electron chi connectivity index (χ2n) is 3.50. The van der Waals surface area contributed by atoms with Crippen molar-refractivity contribution in [3.8, 4) is 11.1 Å². The van der Waals surface area contributed by atoms with Crippen LogP contribution in [0.5, 0.6) is 0 Å². The zero-order chi connectivity index (χ0) is 17.3. The van der Waals surface area contributed by atoms with Crippen LogP contribution < -0.4 is 0 Å². The molecule has 0 unspecified atom stereocenters. The molecule has 0 atom stereocenters. The Hall–Kier alpha value is -1.29. The van der Waals surface area contributed by atoms with Crippen molar-refractivity contribution < 1.29 is 9.90 Å². The van der Waals surface area contributed by atoms with Gasteiger partial charge in [0.05, 0.1) is 5.56 Å². The molecule has 0 amide bonds. The largest absolute Gasteiger partial charge is 0.478 e. The lowest BCUT2D eigenvalue weighted by Crippen LogP contribution is -1.99. The van der Waals surface area contributed by atoms with Crippen LogP contribution in [0.15, 0.2) is 30.3 Å². The van der Waals surface area contributed by atoms with E-state index in [2.05, 4.69) is 4.98 Å². The van der Waals surface area contributed by atoms with E-state index >= 15 is 0 Å². The van der Waals surface area contributed by atoms with Gasteiger partial charge in [-0.2, -0.15) is 0 Å². The first-order valence-electron chi connectivity index (χ1n) is 6.83. The fourth-order valence-electron chi connectivity index (χ4n) is 1.57. The molecule has 0 spiro atoms. The van der Waals surface area contributed by atoms with E-state index in [1.54, 1.807) is 24.3 Å². The van der Waals surface area contributed by atoms with E-state index in [0.29, 0.717) is 16.1 Å². The number of hydrogen-bond donors (Lipinski definition) is 1. The average Bonchev–Trinajstić information content (AvgIpc) is 2.50. The SMILES string of the molecule is CC.CC.O=C(O)c1cc(Cl)ccc1-c1cc(Cl)nc(Cl)c1. The maximum Gasteiger partial charge on any atom is 0.336 e. The van der Waals surface area contributed by atoms with E-state index in [1.165, 1.54) is 6.07 Å². The van der Waals surface area contributed by atoms with E-state index in [0.717, 1.165) is 0 Å². The van der Waals surface area contributed by atoms with Gasteiger partial charge in [-0.25, -0.2) is 9.78 Å². The van der Waals surface area contributed by atoms with Gasteiger partial charge < -0.3 is 5.11 Å². The number of carboxylic acids is 1. The molecule has 1 N–H and O–H groups in total. The predicted octanol–water partition coefficient (Wildman–Crippen LogP) is 6.46. The predicted molar refractivity (Wildman–Crippen MR) is 94.4 cm³/mol. The van der Waals surface area contributed by atoms with E-state index in [1.807, 2.05) is 27.7 Å². The van der Waals surface area contributed by atoms with Crippen LogP contribution in [0.2, 0.25) is 15.3 Å². The molecule has 3 nitrogen and oxygen atoms in total. The molecule has 1 heterocycles. The second kappa shape index (κ2) is 10.4. The number of carbonyl (C=O) groups is 1. The fourth-order valence-corrected chi connectivity index (χ4v) is 2.20. The summed E-state index contributed by atoms with van der Waals surface area (Å²) in [6.45, 7) is 8.00. The van der Waals surface area contributed by atoms with Crippen molar-refractivity contribution in [2.75, 3.05) is 0 Å². The summed E-state index contributed by atoms with van der Waals surface area (Å²) in [5.41, 5.74) is 1.15. The number of rotatable bonds is 2. The van der Waals surface area contributed by atoms with Gasteiger partial charge in [0, 0.05) is 5.02 Å². The summed E-state index contributed by atoms with van der Waals surface area (Å²) in [6.07, 6.45) is 0. The van der Waals surface area contributed by atoms with Gasteiger partial charge in [0.25, 0.3) is 0 Å². The molecule has 1 aromatic carbocycles. The molecule has 22 heavy (non-hydrogen) atoms. The summed E-state index contributed by atoms with van der Waals surface area (Å²) in [6, 6.07) is 7.67. The summed E-state index contributed by atoms with van der Waals surface area (Å²) < 4.78 is 0. The molecule has 0 aliphatic carbocycles. The van der Waals surface area contributed by atoms with Gasteiger partial charge in [-0.1, -0.05) is 68.6 Å². The quantitative estimate of drug-likeness (QED) is 0.624. The molecular weight excluding hydrogens is 345 g/mol. The molecule has 2 rings (SSSR count). The second-order valence-corrected chi connectivity index (χ2v) is 4.71. The lowest BCUT2D eigenvalue weighted by molar-refractivity contribution is 0.0697. The molecule has 2 aromatic rings. The van der Waals surface area contributed by atoms with Gasteiger partial charge in [0.1, 0.15) is 10.3 Å². The number of benzene rings is 1. The number of pyridine rings is 1. The zero-order valence-corrected chi connectivity index (χ0v) is 15.1. The van der Waals surface area contributed by atoms with E-state index in [-0.39, 0.29) is 15.9 Å². The van der Waals surface area contributed by atoms with Crippen LogP contribution in [0, 0.1) is 0 Å². The third-order valence-corrected chi connectivity index (χ3v) is 2.91. The Balaban J connectivity index is 0.00000102. The van der Waals surface area contributed by atoms with Gasteiger partial charge in [-0.05, 0) is 35.4 Å². The van der Waals surface area contributed by atoms with Crippen molar-refractivity contribution in [3.05, 3.63) is 51.2 Å². The number of nitrogens with zero attached hydrogens (tertiary/aromatic N) is 1. The highest BCUT2D eigenvalue weighted by molar-refractivity contribution is 6.33. The van der Waals surface area contributed by atoms with Gasteiger partial charge in [0.15, 0.2) is 0 Å². The number of halogens is 3. The third kappa shape index (κ3) is 5.84. The smallest absolute Gasteiger partial charge is 0.336 e. The first-order chi connectivity index (χ1) is 10.5. The lowest BCUT2D eigenvalue weighted by Gasteiger charge is -2.07. The standard InChI is InChI=1S/C12H6Cl3NO2.2C2H6/c13-7-1-2-8(9(5-7)12(17)18)6-3-10(14)16-11(15)4-6;2*1-2/h1-5H,(H,17,18);2*1-2H3. The number of aromatic nitrogens is 1. The number of aromatic carboxylic acids is 1. The van der Waals surface area contributed by atoms with Crippen molar-refractivity contribution in [2.24, 2.45) is 0 Å². The Kier molecular flexibility index (Phi) is 9.83. The summed E-state index contributed by atoms with van der Waals surface area (Å²) in [4.78, 5) is 15.0. The Morgan fingerprint density at radius 1 is 0.955 bits per heavy atom. The van der Waals surface area contributed by atoms with Crippen LogP contribution in [-0.4, -0.2) is 16.1 Å². The molecule has 0 bridgehead atoms. The number of carboxylic acid groups (broad SMARTS) is 1. The molecule has 0 saturated heterocycles. The Morgan fingerprint density at radius 3 is 1.91 bits per heavy atom. The topological polar surface area (TPSA) is 50.2 Å². The molecular formula is C16H18Cl3NO2. The van der Waals surface area contributed by atoms with Gasteiger partial charge in [-0.3, -0.25) is 0 Å². The molecule has 0 fully saturated rings. The van der Waals surface area contributed by atoms with E-state index in [9.17, 15) is 4.79 Å². The van der Waals surface area contributed by atoms with Crippen LogP contribution in [0.25, 0.3) is 11.1 Å². The molecule has 1 aromatic heterocycles. The van der Waals surface area contributed by atoms with Crippen LogP contribution >= 0.6 is 34.8 Å². The van der Waals surface area contributed by atoms with Crippen molar-refractivity contribution in [3.63, 3.8) is 0 Å². The Bertz CT molecular complexity index is 611. The normalized spacial score (nSPS) is 9.05. The molecule has 0 aliphatic heterocycles. The van der Waals surface area contributed by atoms with E-state index in [4.69, 9.17) is 39.9 Å². The highest BCUT2D eigenvalue weighted by Gasteiger charge is 2.13. The third-order valence-electron chi connectivity index (χ3n) is 2.29. The summed E-state index contributed by atoms with van der Waals surface area (Å²) in [5.74, 6) is -1.07. The summed E-state index contributed by atoms with van der Waals surface area (Å²) >= 11 is 17.4. The minimum Gasteiger partial charge on any atom is -0.478 e. The molecule has 0 saturated carbocycles. The highest BCUT2D eigenvalue weighted by Crippen LogP contribution is 2.29. The Labute approximate surface area is 145 Å². The zero-order valence-electron chi connectivity index (χ0n) is 12.8. The van der Waals surface area contributed by atoms with Crippen LogP contribution in [-0.2, 0) is 0 Å². The van der Waals surface area contributed by atoms with Crippen LogP contribution in [0.3, 0.4) is 0 Å². The minimum atomic E-state index is -1.07. The molecule has 0 aliphatic rings. The number of hydrogen-bond acceptors (Lipinski definition) is 2. The first kappa shape index (κ1) is 20.7. The summed E-state index contributed by atoms with van der Waals surface area (Å²) in [7, 11) is 0.